The van der Waals surface area contributed by atoms with Crippen molar-refractivity contribution >= 4 is 34.2 Å². The van der Waals surface area contributed by atoms with Gasteiger partial charge in [0.25, 0.3) is 5.91 Å². The Morgan fingerprint density at radius 1 is 1.32 bits per heavy atom. The predicted octanol–water partition coefficient (Wildman–Crippen LogP) is 4.41. The molecule has 3 rings (SSSR count). The number of carbonyl (C=O) groups excluding carboxylic acids is 2. The SMILES string of the molecule is CCCOc1ccc(/C=C/C(=O)Nc2sc3c(c2C(N)=O)CC[C@@H](C)C3)cc1. The molecule has 0 fully saturated rings. The third-order valence-electron chi connectivity index (χ3n) is 4.77. The molecule has 6 heteroatoms. The van der Waals surface area contributed by atoms with Gasteiger partial charge in [-0.3, -0.25) is 9.59 Å². The Labute approximate surface area is 169 Å². The van der Waals surface area contributed by atoms with E-state index >= 15 is 0 Å². The molecule has 0 bridgehead atoms. The summed E-state index contributed by atoms with van der Waals surface area (Å²) < 4.78 is 5.55. The van der Waals surface area contributed by atoms with Gasteiger partial charge in [-0.15, -0.1) is 11.3 Å². The highest BCUT2D eigenvalue weighted by Crippen LogP contribution is 2.39. The highest BCUT2D eigenvalue weighted by atomic mass is 32.1. The van der Waals surface area contributed by atoms with Gasteiger partial charge >= 0.3 is 0 Å². The number of nitrogens with one attached hydrogen (secondary N) is 1. The first-order valence-electron chi connectivity index (χ1n) is 9.64. The van der Waals surface area contributed by atoms with Crippen molar-refractivity contribution in [1.82, 2.24) is 0 Å². The largest absolute Gasteiger partial charge is 0.494 e. The minimum Gasteiger partial charge on any atom is -0.494 e. The molecule has 0 saturated heterocycles. The van der Waals surface area contributed by atoms with E-state index in [1.165, 1.54) is 17.4 Å². The van der Waals surface area contributed by atoms with Gasteiger partial charge in [-0.05, 0) is 60.9 Å². The molecule has 3 N–H and O–H groups in total. The first-order chi connectivity index (χ1) is 13.5. The van der Waals surface area contributed by atoms with Gasteiger partial charge in [0, 0.05) is 11.0 Å². The van der Waals surface area contributed by atoms with Crippen molar-refractivity contribution in [3.8, 4) is 5.75 Å². The van der Waals surface area contributed by atoms with Crippen molar-refractivity contribution in [2.45, 2.75) is 39.5 Å². The zero-order valence-electron chi connectivity index (χ0n) is 16.3. The number of primary amides is 1. The molecule has 148 valence electrons. The fraction of sp³-hybridized carbons (Fsp3) is 0.364. The maximum absolute atomic E-state index is 12.4. The van der Waals surface area contributed by atoms with Crippen LogP contribution in [0.15, 0.2) is 30.3 Å². The van der Waals surface area contributed by atoms with Gasteiger partial charge in [0.05, 0.1) is 12.2 Å². The highest BCUT2D eigenvalue weighted by Gasteiger charge is 2.26. The van der Waals surface area contributed by atoms with Gasteiger partial charge in [-0.25, -0.2) is 0 Å². The number of anilines is 1. The second-order valence-electron chi connectivity index (χ2n) is 7.16. The lowest BCUT2D eigenvalue weighted by Gasteiger charge is -2.18. The molecule has 1 aliphatic carbocycles. The summed E-state index contributed by atoms with van der Waals surface area (Å²) >= 11 is 1.47. The first-order valence-corrected chi connectivity index (χ1v) is 10.5. The molecule has 1 aromatic heterocycles. The summed E-state index contributed by atoms with van der Waals surface area (Å²) in [6.07, 6.45) is 6.96. The lowest BCUT2D eigenvalue weighted by Crippen LogP contribution is -2.18. The van der Waals surface area contributed by atoms with Crippen LogP contribution < -0.4 is 15.8 Å². The van der Waals surface area contributed by atoms with Gasteiger partial charge in [-0.2, -0.15) is 0 Å². The fourth-order valence-electron chi connectivity index (χ4n) is 3.32. The van der Waals surface area contributed by atoms with Crippen molar-refractivity contribution in [2.24, 2.45) is 11.7 Å². The van der Waals surface area contributed by atoms with Crippen LogP contribution in [0.4, 0.5) is 5.00 Å². The lowest BCUT2D eigenvalue weighted by atomic mass is 9.88. The molecule has 1 atom stereocenters. The molecule has 1 aliphatic rings. The molecule has 0 radical (unpaired) electrons. The van der Waals surface area contributed by atoms with Gasteiger partial charge < -0.3 is 15.8 Å². The Kier molecular flexibility index (Phi) is 6.52. The number of carbonyl (C=O) groups is 2. The second-order valence-corrected chi connectivity index (χ2v) is 8.27. The Morgan fingerprint density at radius 3 is 2.75 bits per heavy atom. The number of thiophene rings is 1. The molecular formula is C22H26N2O3S. The molecule has 28 heavy (non-hydrogen) atoms. The van der Waals surface area contributed by atoms with Crippen LogP contribution in [0.25, 0.3) is 6.08 Å². The molecule has 0 saturated carbocycles. The molecule has 1 aromatic carbocycles. The normalized spacial score (nSPS) is 16.0. The number of fused-ring (bicyclic) bond motifs is 1. The van der Waals surface area contributed by atoms with E-state index in [0.29, 0.717) is 23.1 Å². The second kappa shape index (κ2) is 9.06. The summed E-state index contributed by atoms with van der Waals surface area (Å²) in [5.74, 6) is 0.641. The van der Waals surface area contributed by atoms with Gasteiger partial charge in [0.2, 0.25) is 5.91 Å². The molecule has 0 spiro atoms. The third kappa shape index (κ3) is 4.81. The van der Waals surface area contributed by atoms with E-state index in [1.54, 1.807) is 6.08 Å². The van der Waals surface area contributed by atoms with E-state index in [0.717, 1.165) is 47.4 Å². The molecule has 1 heterocycles. The maximum Gasteiger partial charge on any atom is 0.251 e. The summed E-state index contributed by atoms with van der Waals surface area (Å²) in [5, 5.41) is 3.40. The number of amides is 2. The Balaban J connectivity index is 1.69. The molecule has 2 aromatic rings. The van der Waals surface area contributed by atoms with Crippen molar-refractivity contribution < 1.29 is 14.3 Å². The van der Waals surface area contributed by atoms with Crippen LogP contribution in [-0.2, 0) is 17.6 Å². The van der Waals surface area contributed by atoms with Crippen LogP contribution >= 0.6 is 11.3 Å². The van der Waals surface area contributed by atoms with Crippen LogP contribution in [0.1, 0.15) is 53.1 Å². The summed E-state index contributed by atoms with van der Waals surface area (Å²) in [5.41, 5.74) is 7.98. The average molecular weight is 399 g/mol. The molecule has 0 unspecified atom stereocenters. The number of rotatable bonds is 7. The monoisotopic (exact) mass is 398 g/mol. The van der Waals surface area contributed by atoms with E-state index < -0.39 is 5.91 Å². The summed E-state index contributed by atoms with van der Waals surface area (Å²) in [6, 6.07) is 7.56. The van der Waals surface area contributed by atoms with Gasteiger partial charge in [0.1, 0.15) is 10.8 Å². The number of ether oxygens (including phenoxy) is 1. The van der Waals surface area contributed by atoms with Crippen LogP contribution in [0.3, 0.4) is 0 Å². The smallest absolute Gasteiger partial charge is 0.251 e. The number of benzene rings is 1. The molecule has 2 amide bonds. The van der Waals surface area contributed by atoms with E-state index in [1.807, 2.05) is 24.3 Å². The average Bonchev–Trinajstić information content (AvgIpc) is 3.02. The Morgan fingerprint density at radius 2 is 2.07 bits per heavy atom. The minimum atomic E-state index is -0.478. The van der Waals surface area contributed by atoms with E-state index in [9.17, 15) is 9.59 Å². The van der Waals surface area contributed by atoms with E-state index in [-0.39, 0.29) is 5.91 Å². The summed E-state index contributed by atoms with van der Waals surface area (Å²) in [7, 11) is 0. The molecule has 5 nitrogen and oxygen atoms in total. The standard InChI is InChI=1S/C22H26N2O3S/c1-3-12-27-16-8-5-15(6-9-16)7-11-19(25)24-22-20(21(23)26)17-10-4-14(2)13-18(17)28-22/h5-9,11,14H,3-4,10,12-13H2,1-2H3,(H2,23,26)(H,24,25)/b11-7+/t14-/m1/s1. The fourth-order valence-corrected chi connectivity index (χ4v) is 4.74. The summed E-state index contributed by atoms with van der Waals surface area (Å²) in [4.78, 5) is 25.5. The van der Waals surface area contributed by atoms with Crippen molar-refractivity contribution in [3.63, 3.8) is 0 Å². The Hall–Kier alpha value is -2.60. The topological polar surface area (TPSA) is 81.4 Å². The number of nitrogens with two attached hydrogens (primary N) is 1. The molecular weight excluding hydrogens is 372 g/mol. The number of hydrogen-bond acceptors (Lipinski definition) is 4. The van der Waals surface area contributed by atoms with Crippen LogP contribution in [-0.4, -0.2) is 18.4 Å². The molecule has 0 aliphatic heterocycles. The van der Waals surface area contributed by atoms with Crippen molar-refractivity contribution in [1.29, 1.82) is 0 Å². The first kappa shape index (κ1) is 20.1. The lowest BCUT2D eigenvalue weighted by molar-refractivity contribution is -0.111. The van der Waals surface area contributed by atoms with E-state index in [2.05, 4.69) is 19.2 Å². The van der Waals surface area contributed by atoms with Gasteiger partial charge in [-0.1, -0.05) is 26.0 Å². The number of hydrogen-bond donors (Lipinski definition) is 2. The quantitative estimate of drug-likeness (QED) is 0.678. The maximum atomic E-state index is 12.4. The third-order valence-corrected chi connectivity index (χ3v) is 5.94. The van der Waals surface area contributed by atoms with Crippen molar-refractivity contribution in [2.75, 3.05) is 11.9 Å². The zero-order valence-corrected chi connectivity index (χ0v) is 17.1. The van der Waals surface area contributed by atoms with Crippen LogP contribution in [0.5, 0.6) is 5.75 Å². The van der Waals surface area contributed by atoms with Crippen LogP contribution in [0, 0.1) is 5.92 Å². The van der Waals surface area contributed by atoms with E-state index in [4.69, 9.17) is 10.5 Å². The highest BCUT2D eigenvalue weighted by molar-refractivity contribution is 7.17. The van der Waals surface area contributed by atoms with Gasteiger partial charge in [0.15, 0.2) is 0 Å². The summed E-state index contributed by atoms with van der Waals surface area (Å²) in [6.45, 7) is 4.94. The minimum absolute atomic E-state index is 0.277. The Bertz CT molecular complexity index is 884. The van der Waals surface area contributed by atoms with Crippen molar-refractivity contribution in [3.05, 3.63) is 51.9 Å². The predicted molar refractivity (Wildman–Crippen MR) is 114 cm³/mol. The zero-order chi connectivity index (χ0) is 20.1. The van der Waals surface area contributed by atoms with Crippen LogP contribution in [0.2, 0.25) is 0 Å².